The fourth-order valence-corrected chi connectivity index (χ4v) is 2.98. The van der Waals surface area contributed by atoms with Crippen LogP contribution in [0.3, 0.4) is 0 Å². The number of benzene rings is 1. The molecule has 118 valence electrons. The van der Waals surface area contributed by atoms with Gasteiger partial charge in [-0.05, 0) is 32.0 Å². The summed E-state index contributed by atoms with van der Waals surface area (Å²) in [6.45, 7) is 3.62. The quantitative estimate of drug-likeness (QED) is 0.728. The van der Waals surface area contributed by atoms with E-state index in [-0.39, 0.29) is 0 Å². The van der Waals surface area contributed by atoms with E-state index < -0.39 is 11.2 Å². The summed E-state index contributed by atoms with van der Waals surface area (Å²) in [5.74, 6) is 1.04. The number of carbonyl (C=O) groups excluding carboxylic acids is 1. The average Bonchev–Trinajstić information content (AvgIpc) is 3.14. The zero-order chi connectivity index (χ0) is 16.4. The molecule has 1 unspecified atom stereocenters. The van der Waals surface area contributed by atoms with Crippen LogP contribution in [-0.4, -0.2) is 25.9 Å². The van der Waals surface area contributed by atoms with E-state index in [1.54, 1.807) is 13.2 Å². The monoisotopic (exact) mass is 328 g/mol. The number of furan rings is 1. The highest BCUT2D eigenvalue weighted by atomic mass is 32.2. The molecule has 6 nitrogen and oxygen atoms in total. The second-order valence-corrected chi connectivity index (χ2v) is 6.34. The van der Waals surface area contributed by atoms with Gasteiger partial charge in [0, 0.05) is 5.69 Å². The summed E-state index contributed by atoms with van der Waals surface area (Å²) in [6, 6.07) is 11.6. The molecule has 2 N–H and O–H groups in total. The van der Waals surface area contributed by atoms with Crippen molar-refractivity contribution in [2.45, 2.75) is 24.3 Å². The number of nitrogens with two attached hydrogens (primary N) is 1. The molecule has 0 aliphatic carbocycles. The number of thioether (sulfide) groups is 1. The number of nitrogens with zero attached hydrogens (tertiary/aromatic N) is 3. The van der Waals surface area contributed by atoms with Crippen molar-refractivity contribution in [1.82, 2.24) is 14.8 Å². The van der Waals surface area contributed by atoms with Gasteiger partial charge in [-0.2, -0.15) is 0 Å². The fraction of sp³-hybridized carbons (Fsp3) is 0.188. The van der Waals surface area contributed by atoms with Crippen LogP contribution in [0, 0.1) is 6.92 Å². The maximum Gasteiger partial charge on any atom is 0.230 e. The van der Waals surface area contributed by atoms with Crippen molar-refractivity contribution >= 4 is 17.7 Å². The van der Waals surface area contributed by atoms with E-state index in [2.05, 4.69) is 10.2 Å². The van der Waals surface area contributed by atoms with Crippen LogP contribution in [0.15, 0.2) is 52.2 Å². The Morgan fingerprint density at radius 1 is 1.26 bits per heavy atom. The number of hydrogen-bond acceptors (Lipinski definition) is 5. The lowest BCUT2D eigenvalue weighted by Gasteiger charge is -2.11. The molecule has 0 radical (unpaired) electrons. The van der Waals surface area contributed by atoms with Gasteiger partial charge in [0.25, 0.3) is 0 Å². The Hall–Kier alpha value is -2.54. The number of carbonyl (C=O) groups is 1. The second kappa shape index (κ2) is 6.29. The predicted molar refractivity (Wildman–Crippen MR) is 88.3 cm³/mol. The number of primary amides is 1. The largest absolute Gasteiger partial charge is 0.469 e. The van der Waals surface area contributed by atoms with E-state index >= 15 is 0 Å². The molecule has 1 aromatic carbocycles. The molecule has 0 fully saturated rings. The van der Waals surface area contributed by atoms with Crippen LogP contribution >= 0.6 is 11.8 Å². The van der Waals surface area contributed by atoms with E-state index in [0.717, 1.165) is 17.0 Å². The van der Waals surface area contributed by atoms with Crippen LogP contribution in [-0.2, 0) is 4.79 Å². The minimum Gasteiger partial charge on any atom is -0.469 e. The second-order valence-electron chi connectivity index (χ2n) is 5.03. The molecule has 0 bridgehead atoms. The van der Waals surface area contributed by atoms with Gasteiger partial charge in [-0.15, -0.1) is 10.2 Å². The molecular weight excluding hydrogens is 312 g/mol. The van der Waals surface area contributed by atoms with Crippen molar-refractivity contribution < 1.29 is 9.21 Å². The van der Waals surface area contributed by atoms with E-state index in [0.29, 0.717) is 11.0 Å². The predicted octanol–water partition coefficient (Wildman–Crippen LogP) is 2.80. The summed E-state index contributed by atoms with van der Waals surface area (Å²) >= 11 is 1.28. The summed E-state index contributed by atoms with van der Waals surface area (Å²) in [5.41, 5.74) is 7.14. The van der Waals surface area contributed by atoms with E-state index in [4.69, 9.17) is 10.2 Å². The molecule has 1 amide bonds. The van der Waals surface area contributed by atoms with Crippen LogP contribution in [0.4, 0.5) is 0 Å². The number of aromatic nitrogens is 3. The Labute approximate surface area is 137 Å². The zero-order valence-corrected chi connectivity index (χ0v) is 13.6. The third kappa shape index (κ3) is 3.00. The zero-order valence-electron chi connectivity index (χ0n) is 12.8. The summed E-state index contributed by atoms with van der Waals surface area (Å²) in [5, 5.41) is 8.73. The highest BCUT2D eigenvalue weighted by Gasteiger charge is 2.21. The first-order chi connectivity index (χ1) is 11.1. The van der Waals surface area contributed by atoms with Gasteiger partial charge < -0.3 is 10.2 Å². The summed E-state index contributed by atoms with van der Waals surface area (Å²) < 4.78 is 7.28. The molecule has 3 aromatic rings. The lowest BCUT2D eigenvalue weighted by atomic mass is 10.2. The first kappa shape index (κ1) is 15.4. The molecule has 0 aliphatic heterocycles. The van der Waals surface area contributed by atoms with Crippen molar-refractivity contribution in [2.24, 2.45) is 5.73 Å². The maximum absolute atomic E-state index is 11.4. The molecule has 7 heteroatoms. The highest BCUT2D eigenvalue weighted by Crippen LogP contribution is 2.31. The molecule has 1 atom stereocenters. The van der Waals surface area contributed by atoms with Crippen LogP contribution in [0.5, 0.6) is 0 Å². The molecular formula is C16H16N4O2S. The van der Waals surface area contributed by atoms with Gasteiger partial charge in [0.15, 0.2) is 11.0 Å². The van der Waals surface area contributed by atoms with E-state index in [9.17, 15) is 4.79 Å². The van der Waals surface area contributed by atoms with Gasteiger partial charge in [0.05, 0.1) is 17.1 Å². The molecule has 3 rings (SSSR count). The van der Waals surface area contributed by atoms with Crippen molar-refractivity contribution in [3.05, 3.63) is 48.4 Å². The normalized spacial score (nSPS) is 12.3. The van der Waals surface area contributed by atoms with Crippen molar-refractivity contribution in [3.8, 4) is 17.1 Å². The highest BCUT2D eigenvalue weighted by molar-refractivity contribution is 8.00. The number of hydrogen-bond donors (Lipinski definition) is 1. The van der Waals surface area contributed by atoms with Crippen LogP contribution in [0.1, 0.15) is 12.7 Å². The molecule has 0 saturated carbocycles. The molecule has 0 spiro atoms. The van der Waals surface area contributed by atoms with Gasteiger partial charge >= 0.3 is 0 Å². The minimum absolute atomic E-state index is 0.390. The Balaban J connectivity index is 2.13. The van der Waals surface area contributed by atoms with Crippen molar-refractivity contribution in [1.29, 1.82) is 0 Å². The van der Waals surface area contributed by atoms with Crippen LogP contribution < -0.4 is 5.73 Å². The first-order valence-corrected chi connectivity index (χ1v) is 7.97. The minimum atomic E-state index is -0.403. The Bertz CT molecular complexity index is 826. The Morgan fingerprint density at radius 3 is 2.61 bits per heavy atom. The average molecular weight is 328 g/mol. The lowest BCUT2D eigenvalue weighted by molar-refractivity contribution is -0.117. The molecule has 0 aliphatic rings. The third-order valence-corrected chi connectivity index (χ3v) is 4.49. The molecule has 2 heterocycles. The maximum atomic E-state index is 11.4. The number of para-hydroxylation sites is 1. The topological polar surface area (TPSA) is 86.9 Å². The lowest BCUT2D eigenvalue weighted by Crippen LogP contribution is -2.23. The van der Waals surface area contributed by atoms with Crippen LogP contribution in [0.2, 0.25) is 0 Å². The number of amides is 1. The van der Waals surface area contributed by atoms with Crippen LogP contribution in [0.25, 0.3) is 17.1 Å². The Kier molecular flexibility index (Phi) is 4.20. The van der Waals surface area contributed by atoms with Gasteiger partial charge in [0.1, 0.15) is 5.76 Å². The van der Waals surface area contributed by atoms with Gasteiger partial charge in [0.2, 0.25) is 5.91 Å². The van der Waals surface area contributed by atoms with Gasteiger partial charge in [-0.3, -0.25) is 9.36 Å². The number of aryl methyl sites for hydroxylation is 1. The smallest absolute Gasteiger partial charge is 0.230 e. The first-order valence-electron chi connectivity index (χ1n) is 7.09. The summed E-state index contributed by atoms with van der Waals surface area (Å²) in [6.07, 6.45) is 1.62. The summed E-state index contributed by atoms with van der Waals surface area (Å²) in [4.78, 5) is 11.4. The molecule has 0 saturated heterocycles. The standard InChI is InChI=1S/C16H16N4O2S/c1-10-13(8-9-22-10)15-18-19-16(23-11(2)14(17)21)20(15)12-6-4-3-5-7-12/h3-9,11H,1-2H3,(H2,17,21). The van der Waals surface area contributed by atoms with Crippen molar-refractivity contribution in [3.63, 3.8) is 0 Å². The molecule has 2 aromatic heterocycles. The van der Waals surface area contributed by atoms with Gasteiger partial charge in [-0.25, -0.2) is 0 Å². The summed E-state index contributed by atoms with van der Waals surface area (Å²) in [7, 11) is 0. The van der Waals surface area contributed by atoms with E-state index in [1.165, 1.54) is 11.8 Å². The fourth-order valence-electron chi connectivity index (χ4n) is 2.16. The van der Waals surface area contributed by atoms with Crippen molar-refractivity contribution in [2.75, 3.05) is 0 Å². The third-order valence-electron chi connectivity index (χ3n) is 3.43. The SMILES string of the molecule is Cc1occc1-c1nnc(SC(C)C(N)=O)n1-c1ccccc1. The number of rotatable bonds is 5. The Morgan fingerprint density at radius 2 is 2.00 bits per heavy atom. The molecule has 23 heavy (non-hydrogen) atoms. The van der Waals surface area contributed by atoms with Gasteiger partial charge in [-0.1, -0.05) is 30.0 Å². The van der Waals surface area contributed by atoms with E-state index in [1.807, 2.05) is 47.9 Å².